The van der Waals surface area contributed by atoms with Gasteiger partial charge in [-0.1, -0.05) is 65.7 Å². The van der Waals surface area contributed by atoms with Crippen LogP contribution in [0.25, 0.3) is 10.8 Å². The summed E-state index contributed by atoms with van der Waals surface area (Å²) >= 11 is 3.46. The zero-order valence-corrected chi connectivity index (χ0v) is 13.3. The minimum absolute atomic E-state index is 0.0230. The Morgan fingerprint density at radius 2 is 1.95 bits per heavy atom. The summed E-state index contributed by atoms with van der Waals surface area (Å²) < 4.78 is 0. The molecule has 1 N–H and O–H groups in total. The molecule has 0 aliphatic carbocycles. The molecule has 1 atom stereocenters. The molecule has 0 aliphatic rings. The van der Waals surface area contributed by atoms with Crippen LogP contribution >= 0.6 is 15.9 Å². The number of rotatable bonds is 6. The van der Waals surface area contributed by atoms with Crippen LogP contribution in [-0.2, 0) is 0 Å². The average molecular weight is 334 g/mol. The van der Waals surface area contributed by atoms with E-state index in [9.17, 15) is 4.79 Å². The number of benzene rings is 2. The second-order valence-corrected chi connectivity index (χ2v) is 5.78. The van der Waals surface area contributed by atoms with Crippen LogP contribution in [0.4, 0.5) is 0 Å². The third kappa shape index (κ3) is 3.60. The first kappa shape index (κ1) is 15.0. The summed E-state index contributed by atoms with van der Waals surface area (Å²) in [4.78, 5) is 12.4. The maximum atomic E-state index is 12.4. The van der Waals surface area contributed by atoms with Gasteiger partial charge in [0.2, 0.25) is 0 Å². The fourth-order valence-corrected chi connectivity index (χ4v) is 3.01. The van der Waals surface area contributed by atoms with Crippen LogP contribution in [0.3, 0.4) is 0 Å². The van der Waals surface area contributed by atoms with E-state index in [0.29, 0.717) is 5.92 Å². The first-order valence-corrected chi connectivity index (χ1v) is 8.20. The highest BCUT2D eigenvalue weighted by Crippen LogP contribution is 2.18. The van der Waals surface area contributed by atoms with Gasteiger partial charge in [0.1, 0.15) is 0 Å². The van der Waals surface area contributed by atoms with Crippen molar-refractivity contribution in [2.45, 2.75) is 19.8 Å². The normalized spacial score (nSPS) is 12.3. The zero-order chi connectivity index (χ0) is 14.4. The van der Waals surface area contributed by atoms with Gasteiger partial charge < -0.3 is 5.32 Å². The molecular formula is C17H20BrNO. The Balaban J connectivity index is 2.11. The number of alkyl halides is 1. The first-order valence-electron chi connectivity index (χ1n) is 7.08. The van der Waals surface area contributed by atoms with E-state index < -0.39 is 0 Å². The molecule has 0 spiro atoms. The van der Waals surface area contributed by atoms with Crippen LogP contribution in [0.5, 0.6) is 0 Å². The van der Waals surface area contributed by atoms with Gasteiger partial charge in [0.15, 0.2) is 0 Å². The first-order chi connectivity index (χ1) is 9.76. The summed E-state index contributed by atoms with van der Waals surface area (Å²) in [5.41, 5.74) is 0.761. The maximum Gasteiger partial charge on any atom is 0.251 e. The molecule has 0 bridgehead atoms. The Morgan fingerprint density at radius 3 is 2.70 bits per heavy atom. The standard InChI is InChI=1S/C17H20BrNO/c1-2-13(10-11-18)12-19-17(20)16-9-5-7-14-6-3-4-8-15(14)16/h3-9,13H,2,10-12H2,1H3,(H,19,20). The molecule has 2 aromatic rings. The van der Waals surface area contributed by atoms with E-state index in [1.54, 1.807) is 0 Å². The van der Waals surface area contributed by atoms with Gasteiger partial charge in [-0.3, -0.25) is 4.79 Å². The molecule has 0 saturated heterocycles. The molecule has 0 fully saturated rings. The Bertz CT molecular complexity index is 577. The largest absolute Gasteiger partial charge is 0.352 e. The second kappa shape index (κ2) is 7.44. The Hall–Kier alpha value is -1.35. The van der Waals surface area contributed by atoms with Crippen LogP contribution in [0.2, 0.25) is 0 Å². The number of fused-ring (bicyclic) bond motifs is 1. The number of amides is 1. The Kier molecular flexibility index (Phi) is 5.60. The van der Waals surface area contributed by atoms with E-state index in [2.05, 4.69) is 28.2 Å². The molecule has 2 nitrogen and oxygen atoms in total. The van der Waals surface area contributed by atoms with Crippen molar-refractivity contribution < 1.29 is 4.79 Å². The highest BCUT2D eigenvalue weighted by atomic mass is 79.9. The third-order valence-electron chi connectivity index (χ3n) is 3.68. The molecule has 1 unspecified atom stereocenters. The van der Waals surface area contributed by atoms with Gasteiger partial charge in [-0.25, -0.2) is 0 Å². The number of hydrogen-bond acceptors (Lipinski definition) is 1. The summed E-state index contributed by atoms with van der Waals surface area (Å²) in [7, 11) is 0. The fourth-order valence-electron chi connectivity index (χ4n) is 2.36. The van der Waals surface area contributed by atoms with Gasteiger partial charge in [-0.15, -0.1) is 0 Å². The summed E-state index contributed by atoms with van der Waals surface area (Å²) in [6.45, 7) is 2.90. The molecule has 20 heavy (non-hydrogen) atoms. The molecule has 0 aromatic heterocycles. The number of nitrogens with one attached hydrogen (secondary N) is 1. The highest BCUT2D eigenvalue weighted by Gasteiger charge is 2.11. The minimum atomic E-state index is 0.0230. The average Bonchev–Trinajstić information content (AvgIpc) is 2.50. The van der Waals surface area contributed by atoms with Gasteiger partial charge in [0.25, 0.3) is 5.91 Å². The van der Waals surface area contributed by atoms with Crippen molar-refractivity contribution in [3.63, 3.8) is 0 Å². The lowest BCUT2D eigenvalue weighted by molar-refractivity contribution is 0.0948. The van der Waals surface area contributed by atoms with Gasteiger partial charge in [-0.2, -0.15) is 0 Å². The minimum Gasteiger partial charge on any atom is -0.352 e. The Morgan fingerprint density at radius 1 is 1.20 bits per heavy atom. The van der Waals surface area contributed by atoms with Crippen LogP contribution in [0, 0.1) is 5.92 Å². The topological polar surface area (TPSA) is 29.1 Å². The molecule has 0 radical (unpaired) electrons. The lowest BCUT2D eigenvalue weighted by atomic mass is 10.0. The van der Waals surface area contributed by atoms with Crippen molar-refractivity contribution in [1.82, 2.24) is 5.32 Å². The van der Waals surface area contributed by atoms with Crippen molar-refractivity contribution in [2.24, 2.45) is 5.92 Å². The van der Waals surface area contributed by atoms with Crippen LogP contribution in [-0.4, -0.2) is 17.8 Å². The smallest absolute Gasteiger partial charge is 0.251 e. The Labute approximate surface area is 128 Å². The number of carbonyl (C=O) groups is 1. The maximum absolute atomic E-state index is 12.4. The summed E-state index contributed by atoms with van der Waals surface area (Å²) in [5.74, 6) is 0.558. The van der Waals surface area contributed by atoms with E-state index in [-0.39, 0.29) is 5.91 Å². The van der Waals surface area contributed by atoms with E-state index in [0.717, 1.165) is 41.1 Å². The lowest BCUT2D eigenvalue weighted by Crippen LogP contribution is -2.29. The molecule has 3 heteroatoms. The van der Waals surface area contributed by atoms with Crippen LogP contribution < -0.4 is 5.32 Å². The SMILES string of the molecule is CCC(CCBr)CNC(=O)c1cccc2ccccc12. The number of carbonyl (C=O) groups excluding carboxylic acids is 1. The van der Waals surface area contributed by atoms with Gasteiger partial charge >= 0.3 is 0 Å². The molecular weight excluding hydrogens is 314 g/mol. The van der Waals surface area contributed by atoms with Crippen LogP contribution in [0.15, 0.2) is 42.5 Å². The predicted octanol–water partition coefficient (Wildman–Crippen LogP) is 4.38. The molecule has 2 rings (SSSR count). The number of halogens is 1. The molecule has 106 valence electrons. The lowest BCUT2D eigenvalue weighted by Gasteiger charge is -2.15. The van der Waals surface area contributed by atoms with Gasteiger partial charge in [0, 0.05) is 17.4 Å². The molecule has 0 heterocycles. The van der Waals surface area contributed by atoms with E-state index in [1.807, 2.05) is 42.5 Å². The van der Waals surface area contributed by atoms with Crippen molar-refractivity contribution in [2.75, 3.05) is 11.9 Å². The summed E-state index contributed by atoms with van der Waals surface area (Å²) in [5, 5.41) is 6.17. The molecule has 1 amide bonds. The quantitative estimate of drug-likeness (QED) is 0.781. The monoisotopic (exact) mass is 333 g/mol. The number of hydrogen-bond donors (Lipinski definition) is 1. The fraction of sp³-hybridized carbons (Fsp3) is 0.353. The van der Waals surface area contributed by atoms with Gasteiger partial charge in [-0.05, 0) is 29.2 Å². The highest BCUT2D eigenvalue weighted by molar-refractivity contribution is 9.09. The summed E-state index contributed by atoms with van der Waals surface area (Å²) in [6.07, 6.45) is 2.17. The predicted molar refractivity (Wildman–Crippen MR) is 88.5 cm³/mol. The second-order valence-electron chi connectivity index (χ2n) is 4.99. The van der Waals surface area contributed by atoms with E-state index in [1.165, 1.54) is 0 Å². The molecule has 0 saturated carbocycles. The van der Waals surface area contributed by atoms with Crippen LogP contribution in [0.1, 0.15) is 30.1 Å². The van der Waals surface area contributed by atoms with Crippen molar-refractivity contribution >= 4 is 32.6 Å². The van der Waals surface area contributed by atoms with Crippen molar-refractivity contribution in [1.29, 1.82) is 0 Å². The molecule has 0 aliphatic heterocycles. The van der Waals surface area contributed by atoms with Gasteiger partial charge in [0.05, 0.1) is 0 Å². The third-order valence-corrected chi connectivity index (χ3v) is 4.14. The van der Waals surface area contributed by atoms with E-state index in [4.69, 9.17) is 0 Å². The molecule has 2 aromatic carbocycles. The van der Waals surface area contributed by atoms with Crippen molar-refractivity contribution in [3.8, 4) is 0 Å². The zero-order valence-electron chi connectivity index (χ0n) is 11.7. The van der Waals surface area contributed by atoms with Crippen molar-refractivity contribution in [3.05, 3.63) is 48.0 Å². The van der Waals surface area contributed by atoms with E-state index >= 15 is 0 Å². The summed E-state index contributed by atoms with van der Waals surface area (Å²) in [6, 6.07) is 13.9.